The normalized spacial score (nSPS) is 16.4. The number of hydrogen-bond donors (Lipinski definition) is 2. The molecule has 0 saturated carbocycles. The molecular formula is C10H12BrN5S. The third-order valence-corrected chi connectivity index (χ3v) is 4.31. The van der Waals surface area contributed by atoms with Crippen LogP contribution in [0.4, 0.5) is 5.95 Å². The molecule has 2 aromatic heterocycles. The monoisotopic (exact) mass is 313 g/mol. The Hall–Kier alpha value is -0.920. The number of rotatable bonds is 2. The summed E-state index contributed by atoms with van der Waals surface area (Å²) in [5.74, 6) is 1.64. The van der Waals surface area contributed by atoms with E-state index >= 15 is 0 Å². The number of thiophene rings is 1. The molecule has 2 N–H and O–H groups in total. The van der Waals surface area contributed by atoms with Crippen molar-refractivity contribution in [2.75, 3.05) is 31.1 Å². The largest absolute Gasteiger partial charge is 0.337 e. The lowest BCUT2D eigenvalue weighted by Gasteiger charge is -2.25. The third kappa shape index (κ3) is 2.36. The van der Waals surface area contributed by atoms with Crippen LogP contribution < -0.4 is 10.2 Å². The summed E-state index contributed by atoms with van der Waals surface area (Å²) in [6, 6.07) is 4.06. The summed E-state index contributed by atoms with van der Waals surface area (Å²) in [5, 5.41) is 10.6. The smallest absolute Gasteiger partial charge is 0.245 e. The van der Waals surface area contributed by atoms with Gasteiger partial charge in [-0.3, -0.25) is 5.10 Å². The van der Waals surface area contributed by atoms with E-state index in [2.05, 4.69) is 41.3 Å². The predicted molar refractivity (Wildman–Crippen MR) is 72.5 cm³/mol. The molecule has 1 saturated heterocycles. The van der Waals surface area contributed by atoms with Crippen LogP contribution in [0.5, 0.6) is 0 Å². The minimum atomic E-state index is 0.797. The van der Waals surface area contributed by atoms with Crippen molar-refractivity contribution in [3.63, 3.8) is 0 Å². The van der Waals surface area contributed by atoms with Crippen LogP contribution in [-0.4, -0.2) is 41.4 Å². The van der Waals surface area contributed by atoms with Gasteiger partial charge in [0.15, 0.2) is 5.82 Å². The summed E-state index contributed by atoms with van der Waals surface area (Å²) in [6.07, 6.45) is 0. The van der Waals surface area contributed by atoms with E-state index in [1.54, 1.807) is 11.3 Å². The van der Waals surface area contributed by atoms with Crippen LogP contribution in [0, 0.1) is 0 Å². The Kier molecular flexibility index (Phi) is 3.13. The Bertz CT molecular complexity index is 502. The van der Waals surface area contributed by atoms with Crippen LogP contribution in [0.2, 0.25) is 0 Å². The van der Waals surface area contributed by atoms with Gasteiger partial charge in [0.05, 0.1) is 8.66 Å². The number of hydrogen-bond acceptors (Lipinski definition) is 5. The van der Waals surface area contributed by atoms with Crippen LogP contribution in [0.1, 0.15) is 0 Å². The summed E-state index contributed by atoms with van der Waals surface area (Å²) in [5.41, 5.74) is 0. The highest BCUT2D eigenvalue weighted by Crippen LogP contribution is 2.29. The molecular weight excluding hydrogens is 302 g/mol. The van der Waals surface area contributed by atoms with E-state index in [1.807, 2.05) is 12.1 Å². The average molecular weight is 314 g/mol. The van der Waals surface area contributed by atoms with Gasteiger partial charge in [-0.1, -0.05) is 0 Å². The quantitative estimate of drug-likeness (QED) is 0.886. The first kappa shape index (κ1) is 11.2. The van der Waals surface area contributed by atoms with Crippen molar-refractivity contribution in [2.24, 2.45) is 0 Å². The summed E-state index contributed by atoms with van der Waals surface area (Å²) in [7, 11) is 0. The third-order valence-electron chi connectivity index (χ3n) is 2.68. The van der Waals surface area contributed by atoms with Crippen molar-refractivity contribution in [2.45, 2.75) is 0 Å². The van der Waals surface area contributed by atoms with Gasteiger partial charge in [0, 0.05) is 26.2 Å². The number of piperazine rings is 1. The van der Waals surface area contributed by atoms with Crippen LogP contribution >= 0.6 is 27.3 Å². The van der Waals surface area contributed by atoms with Gasteiger partial charge in [-0.25, -0.2) is 0 Å². The van der Waals surface area contributed by atoms with E-state index in [4.69, 9.17) is 0 Å². The molecule has 0 aromatic carbocycles. The lowest BCUT2D eigenvalue weighted by molar-refractivity contribution is 0.580. The molecule has 7 heteroatoms. The average Bonchev–Trinajstić information content (AvgIpc) is 2.98. The van der Waals surface area contributed by atoms with E-state index in [0.29, 0.717) is 0 Å². The number of nitrogens with one attached hydrogen (secondary N) is 2. The van der Waals surface area contributed by atoms with E-state index in [0.717, 1.165) is 46.6 Å². The molecule has 1 aliphatic heterocycles. The summed E-state index contributed by atoms with van der Waals surface area (Å²) < 4.78 is 1.10. The fraction of sp³-hybridized carbons (Fsp3) is 0.400. The molecule has 90 valence electrons. The Morgan fingerprint density at radius 1 is 1.29 bits per heavy atom. The molecule has 0 aliphatic carbocycles. The predicted octanol–water partition coefficient (Wildman–Crippen LogP) is 1.71. The van der Waals surface area contributed by atoms with E-state index < -0.39 is 0 Å². The van der Waals surface area contributed by atoms with Crippen LogP contribution in [0.3, 0.4) is 0 Å². The fourth-order valence-electron chi connectivity index (χ4n) is 1.81. The number of nitrogens with zero attached hydrogens (tertiary/aromatic N) is 3. The minimum absolute atomic E-state index is 0.797. The second kappa shape index (κ2) is 4.75. The van der Waals surface area contributed by atoms with Crippen molar-refractivity contribution in [1.29, 1.82) is 0 Å². The molecule has 0 atom stereocenters. The molecule has 0 bridgehead atoms. The highest BCUT2D eigenvalue weighted by atomic mass is 79.9. The molecule has 17 heavy (non-hydrogen) atoms. The highest BCUT2D eigenvalue weighted by molar-refractivity contribution is 9.11. The summed E-state index contributed by atoms with van der Waals surface area (Å²) >= 11 is 5.10. The Balaban J connectivity index is 1.82. The molecule has 0 amide bonds. The molecule has 1 aliphatic rings. The molecule has 0 radical (unpaired) electrons. The summed E-state index contributed by atoms with van der Waals surface area (Å²) in [6.45, 7) is 3.92. The van der Waals surface area contributed by atoms with Crippen molar-refractivity contribution in [1.82, 2.24) is 20.5 Å². The van der Waals surface area contributed by atoms with E-state index in [1.165, 1.54) is 0 Å². The van der Waals surface area contributed by atoms with Crippen LogP contribution in [0.25, 0.3) is 10.7 Å². The molecule has 3 heterocycles. The minimum Gasteiger partial charge on any atom is -0.337 e. The first-order valence-corrected chi connectivity index (χ1v) is 7.08. The van der Waals surface area contributed by atoms with Gasteiger partial charge < -0.3 is 10.2 Å². The molecule has 2 aromatic rings. The Morgan fingerprint density at radius 2 is 2.12 bits per heavy atom. The van der Waals surface area contributed by atoms with Gasteiger partial charge in [-0.2, -0.15) is 4.98 Å². The van der Waals surface area contributed by atoms with Crippen molar-refractivity contribution in [3.8, 4) is 10.7 Å². The maximum Gasteiger partial charge on any atom is 0.245 e. The number of aromatic amines is 1. The number of H-pyrrole nitrogens is 1. The van der Waals surface area contributed by atoms with Gasteiger partial charge in [0.1, 0.15) is 0 Å². The number of aromatic nitrogens is 3. The molecule has 5 nitrogen and oxygen atoms in total. The van der Waals surface area contributed by atoms with Crippen LogP contribution in [-0.2, 0) is 0 Å². The zero-order valence-corrected chi connectivity index (χ0v) is 11.5. The van der Waals surface area contributed by atoms with Gasteiger partial charge in [0.2, 0.25) is 5.95 Å². The van der Waals surface area contributed by atoms with Gasteiger partial charge in [-0.05, 0) is 28.1 Å². The first-order valence-electron chi connectivity index (χ1n) is 5.47. The molecule has 3 rings (SSSR count). The zero-order chi connectivity index (χ0) is 11.7. The maximum atomic E-state index is 4.54. The van der Waals surface area contributed by atoms with Gasteiger partial charge >= 0.3 is 0 Å². The van der Waals surface area contributed by atoms with E-state index in [-0.39, 0.29) is 0 Å². The number of halogens is 1. The zero-order valence-electron chi connectivity index (χ0n) is 9.11. The Morgan fingerprint density at radius 3 is 2.82 bits per heavy atom. The summed E-state index contributed by atoms with van der Waals surface area (Å²) in [4.78, 5) is 7.83. The fourth-order valence-corrected chi connectivity index (χ4v) is 3.14. The second-order valence-electron chi connectivity index (χ2n) is 3.82. The van der Waals surface area contributed by atoms with E-state index in [9.17, 15) is 0 Å². The first-order chi connectivity index (χ1) is 8.33. The highest BCUT2D eigenvalue weighted by Gasteiger charge is 2.15. The standard InChI is InChI=1S/C10H12BrN5S/c11-8-2-1-7(17-8)9-13-10(15-14-9)16-5-3-12-4-6-16/h1-2,12H,3-6H2,(H,13,14,15). The van der Waals surface area contributed by atoms with Crippen LogP contribution in [0.15, 0.2) is 15.9 Å². The van der Waals surface area contributed by atoms with Crippen molar-refractivity contribution >= 4 is 33.2 Å². The number of anilines is 1. The molecule has 0 spiro atoms. The van der Waals surface area contributed by atoms with Crippen molar-refractivity contribution in [3.05, 3.63) is 15.9 Å². The maximum absolute atomic E-state index is 4.54. The molecule has 0 unspecified atom stereocenters. The Labute approximate surface area is 111 Å². The van der Waals surface area contributed by atoms with Gasteiger partial charge in [-0.15, -0.1) is 16.4 Å². The second-order valence-corrected chi connectivity index (χ2v) is 6.29. The SMILES string of the molecule is Brc1ccc(-c2nc(N3CCNCC3)n[nH]2)s1. The van der Waals surface area contributed by atoms with Gasteiger partial charge in [0.25, 0.3) is 0 Å². The lowest BCUT2D eigenvalue weighted by Crippen LogP contribution is -2.44. The molecule has 1 fully saturated rings. The van der Waals surface area contributed by atoms with Crippen molar-refractivity contribution < 1.29 is 0 Å². The topological polar surface area (TPSA) is 56.8 Å². The lowest BCUT2D eigenvalue weighted by atomic mass is 10.4.